The second-order valence-corrected chi connectivity index (χ2v) is 4.98. The largest absolute Gasteiger partial charge is 0.388 e. The maximum atomic E-state index is 10.3. The van der Waals surface area contributed by atoms with Crippen LogP contribution in [0.5, 0.6) is 0 Å². The molecule has 2 heterocycles. The fraction of sp³-hybridized carbons (Fsp3) is 0.176. The summed E-state index contributed by atoms with van der Waals surface area (Å²) in [7, 11) is 0. The number of hydrogen-bond donors (Lipinski definition) is 1. The molecule has 0 spiro atoms. The van der Waals surface area contributed by atoms with Gasteiger partial charge in [-0.25, -0.2) is 0 Å². The number of aromatic nitrogens is 2. The van der Waals surface area contributed by atoms with Crippen molar-refractivity contribution in [1.82, 2.24) is 9.97 Å². The molecule has 2 aromatic heterocycles. The Labute approximate surface area is 117 Å². The smallest absolute Gasteiger partial charge is 0.0830 e. The van der Waals surface area contributed by atoms with Gasteiger partial charge >= 0.3 is 0 Å². The van der Waals surface area contributed by atoms with Gasteiger partial charge in [0.25, 0.3) is 0 Å². The van der Waals surface area contributed by atoms with Crippen LogP contribution in [0.3, 0.4) is 0 Å². The van der Waals surface area contributed by atoms with Crippen molar-refractivity contribution in [2.75, 3.05) is 0 Å². The van der Waals surface area contributed by atoms with Crippen LogP contribution in [0.25, 0.3) is 10.9 Å². The first kappa shape index (κ1) is 12.8. The molecule has 3 nitrogen and oxygen atoms in total. The molecule has 1 aromatic carbocycles. The Morgan fingerprint density at radius 1 is 1.05 bits per heavy atom. The summed E-state index contributed by atoms with van der Waals surface area (Å²) in [5.41, 5.74) is 3.96. The summed E-state index contributed by atoms with van der Waals surface area (Å²) in [6.45, 7) is 1.98. The molecule has 1 N–H and O–H groups in total. The van der Waals surface area contributed by atoms with Crippen molar-refractivity contribution in [2.45, 2.75) is 19.4 Å². The van der Waals surface area contributed by atoms with E-state index >= 15 is 0 Å². The standard InChI is InChI=1S/C17H16N2O/c1-12-2-3-14-11-15(4-5-16(14)19-12)17(20)10-13-6-8-18-9-7-13/h2-9,11,17,20H,10H2,1H3. The van der Waals surface area contributed by atoms with Gasteiger partial charge in [0.05, 0.1) is 11.6 Å². The molecule has 0 fully saturated rings. The van der Waals surface area contributed by atoms with Crippen LogP contribution >= 0.6 is 0 Å². The molecule has 100 valence electrons. The first-order chi connectivity index (χ1) is 9.72. The summed E-state index contributed by atoms with van der Waals surface area (Å²) in [4.78, 5) is 8.45. The molecule has 0 radical (unpaired) electrons. The second-order valence-electron chi connectivity index (χ2n) is 4.98. The van der Waals surface area contributed by atoms with Crippen LogP contribution in [0, 0.1) is 6.92 Å². The fourth-order valence-electron chi connectivity index (χ4n) is 2.31. The van der Waals surface area contributed by atoms with E-state index in [0.29, 0.717) is 6.42 Å². The molecule has 0 aliphatic heterocycles. The summed E-state index contributed by atoms with van der Waals surface area (Å²) < 4.78 is 0. The van der Waals surface area contributed by atoms with E-state index in [-0.39, 0.29) is 0 Å². The van der Waals surface area contributed by atoms with Crippen molar-refractivity contribution >= 4 is 10.9 Å². The van der Waals surface area contributed by atoms with Crippen LogP contribution in [0.1, 0.15) is 22.9 Å². The minimum Gasteiger partial charge on any atom is -0.388 e. The molecular formula is C17H16N2O. The van der Waals surface area contributed by atoms with Gasteiger partial charge in [-0.1, -0.05) is 12.1 Å². The van der Waals surface area contributed by atoms with Gasteiger partial charge in [0, 0.05) is 29.9 Å². The highest BCUT2D eigenvalue weighted by Gasteiger charge is 2.09. The van der Waals surface area contributed by atoms with Crippen molar-refractivity contribution in [3.8, 4) is 0 Å². The summed E-state index contributed by atoms with van der Waals surface area (Å²) in [5.74, 6) is 0. The van der Waals surface area contributed by atoms with Crippen LogP contribution in [0.4, 0.5) is 0 Å². The summed E-state index contributed by atoms with van der Waals surface area (Å²) in [5, 5.41) is 11.4. The summed E-state index contributed by atoms with van der Waals surface area (Å²) in [6.07, 6.45) is 3.57. The normalized spacial score (nSPS) is 12.5. The third-order valence-electron chi connectivity index (χ3n) is 3.42. The third-order valence-corrected chi connectivity index (χ3v) is 3.42. The van der Waals surface area contributed by atoms with E-state index in [1.54, 1.807) is 12.4 Å². The van der Waals surface area contributed by atoms with Crippen molar-refractivity contribution in [3.63, 3.8) is 0 Å². The highest BCUT2D eigenvalue weighted by Crippen LogP contribution is 2.22. The van der Waals surface area contributed by atoms with Gasteiger partial charge in [-0.05, 0) is 48.4 Å². The van der Waals surface area contributed by atoms with Gasteiger partial charge in [-0.2, -0.15) is 0 Å². The zero-order valence-corrected chi connectivity index (χ0v) is 11.3. The maximum Gasteiger partial charge on any atom is 0.0830 e. The molecule has 3 rings (SSSR count). The second kappa shape index (κ2) is 5.39. The molecule has 1 unspecified atom stereocenters. The minimum atomic E-state index is -0.511. The molecule has 0 bridgehead atoms. The zero-order chi connectivity index (χ0) is 13.9. The third kappa shape index (κ3) is 2.68. The minimum absolute atomic E-state index is 0.511. The van der Waals surface area contributed by atoms with Gasteiger partial charge in [0.15, 0.2) is 0 Å². The Balaban J connectivity index is 1.88. The maximum absolute atomic E-state index is 10.3. The van der Waals surface area contributed by atoms with E-state index in [1.165, 1.54) is 0 Å². The highest BCUT2D eigenvalue weighted by atomic mass is 16.3. The van der Waals surface area contributed by atoms with E-state index in [2.05, 4.69) is 9.97 Å². The van der Waals surface area contributed by atoms with Crippen molar-refractivity contribution < 1.29 is 5.11 Å². The lowest BCUT2D eigenvalue weighted by Crippen LogP contribution is -2.02. The van der Waals surface area contributed by atoms with Crippen LogP contribution in [-0.4, -0.2) is 15.1 Å². The molecule has 1 atom stereocenters. The number of pyridine rings is 2. The van der Waals surface area contributed by atoms with Crippen LogP contribution < -0.4 is 0 Å². The topological polar surface area (TPSA) is 46.0 Å². The number of aryl methyl sites for hydroxylation is 1. The fourth-order valence-corrected chi connectivity index (χ4v) is 2.31. The average Bonchev–Trinajstić information content (AvgIpc) is 2.47. The first-order valence-electron chi connectivity index (χ1n) is 6.67. The van der Waals surface area contributed by atoms with Crippen LogP contribution in [-0.2, 0) is 6.42 Å². The number of rotatable bonds is 3. The molecule has 3 aromatic rings. The van der Waals surface area contributed by atoms with Crippen LogP contribution in [0.15, 0.2) is 54.9 Å². The SMILES string of the molecule is Cc1ccc2cc(C(O)Cc3ccncc3)ccc2n1. The monoisotopic (exact) mass is 264 g/mol. The highest BCUT2D eigenvalue weighted by molar-refractivity contribution is 5.79. The molecule has 20 heavy (non-hydrogen) atoms. The van der Waals surface area contributed by atoms with E-state index in [0.717, 1.165) is 27.7 Å². The summed E-state index contributed by atoms with van der Waals surface area (Å²) in [6, 6.07) is 13.8. The van der Waals surface area contributed by atoms with Gasteiger partial charge in [0.2, 0.25) is 0 Å². The number of aliphatic hydroxyl groups is 1. The quantitative estimate of drug-likeness (QED) is 0.790. The molecule has 0 aliphatic carbocycles. The van der Waals surface area contributed by atoms with Gasteiger partial charge < -0.3 is 5.11 Å². The predicted molar refractivity (Wildman–Crippen MR) is 79.4 cm³/mol. The van der Waals surface area contributed by atoms with E-state index in [1.807, 2.05) is 49.4 Å². The number of fused-ring (bicyclic) bond motifs is 1. The lowest BCUT2D eigenvalue weighted by atomic mass is 10.0. The lowest BCUT2D eigenvalue weighted by Gasteiger charge is -2.12. The van der Waals surface area contributed by atoms with Gasteiger partial charge in [-0.3, -0.25) is 9.97 Å². The summed E-state index contributed by atoms with van der Waals surface area (Å²) >= 11 is 0. The lowest BCUT2D eigenvalue weighted by molar-refractivity contribution is 0.178. The van der Waals surface area contributed by atoms with E-state index < -0.39 is 6.10 Å². The van der Waals surface area contributed by atoms with Crippen molar-refractivity contribution in [3.05, 3.63) is 71.7 Å². The number of aliphatic hydroxyl groups excluding tert-OH is 1. The van der Waals surface area contributed by atoms with E-state index in [4.69, 9.17) is 0 Å². The number of nitrogens with zero attached hydrogens (tertiary/aromatic N) is 2. The number of benzene rings is 1. The number of hydrogen-bond acceptors (Lipinski definition) is 3. The predicted octanol–water partition coefficient (Wildman–Crippen LogP) is 3.21. The van der Waals surface area contributed by atoms with Crippen molar-refractivity contribution in [2.24, 2.45) is 0 Å². The molecule has 0 aliphatic rings. The first-order valence-corrected chi connectivity index (χ1v) is 6.67. The Morgan fingerprint density at radius 3 is 2.65 bits per heavy atom. The molecule has 0 saturated heterocycles. The Bertz CT molecular complexity index is 725. The van der Waals surface area contributed by atoms with Crippen molar-refractivity contribution in [1.29, 1.82) is 0 Å². The van der Waals surface area contributed by atoms with Crippen LogP contribution in [0.2, 0.25) is 0 Å². The molecular weight excluding hydrogens is 248 g/mol. The van der Waals surface area contributed by atoms with Gasteiger partial charge in [0.1, 0.15) is 0 Å². The van der Waals surface area contributed by atoms with Gasteiger partial charge in [-0.15, -0.1) is 0 Å². The van der Waals surface area contributed by atoms with E-state index in [9.17, 15) is 5.11 Å². The molecule has 0 saturated carbocycles. The molecule has 0 amide bonds. The Morgan fingerprint density at radius 2 is 1.85 bits per heavy atom. The average molecular weight is 264 g/mol. The Hall–Kier alpha value is -2.26. The molecule has 3 heteroatoms. The Kier molecular flexibility index (Phi) is 3.44. The zero-order valence-electron chi connectivity index (χ0n) is 11.3.